The van der Waals surface area contributed by atoms with Crippen LogP contribution in [0, 0.1) is 0 Å². The van der Waals surface area contributed by atoms with E-state index in [1.165, 1.54) is 11.8 Å². The Kier molecular flexibility index (Phi) is 6.06. The van der Waals surface area contributed by atoms with Gasteiger partial charge >= 0.3 is 0 Å². The zero-order chi connectivity index (χ0) is 21.3. The van der Waals surface area contributed by atoms with Crippen LogP contribution in [0.15, 0.2) is 88.3 Å². The Labute approximate surface area is 192 Å². The highest BCUT2D eigenvalue weighted by atomic mass is 35.5. The van der Waals surface area contributed by atoms with Crippen LogP contribution in [0.25, 0.3) is 0 Å². The highest BCUT2D eigenvalue weighted by Crippen LogP contribution is 2.38. The van der Waals surface area contributed by atoms with Crippen LogP contribution in [-0.4, -0.2) is 11.8 Å². The first-order valence-corrected chi connectivity index (χ1v) is 10.7. The van der Waals surface area contributed by atoms with Gasteiger partial charge in [0.1, 0.15) is 10.6 Å². The molecule has 0 radical (unpaired) electrons. The maximum absolute atomic E-state index is 13.2. The fourth-order valence-corrected chi connectivity index (χ4v) is 4.14. The summed E-state index contributed by atoms with van der Waals surface area (Å²) in [6.45, 7) is 0. The molecule has 4 nitrogen and oxygen atoms in total. The topological polar surface area (TPSA) is 49.4 Å². The molecule has 0 fully saturated rings. The SMILES string of the molecule is O=C1C(Nc2ccc(Cl)cc2)=C(Sc2ccc(Cl)cc2)C(=O)N1c1ccc(Cl)cc1. The van der Waals surface area contributed by atoms with E-state index < -0.39 is 11.8 Å². The van der Waals surface area contributed by atoms with Crippen molar-refractivity contribution in [1.29, 1.82) is 0 Å². The van der Waals surface area contributed by atoms with Crippen molar-refractivity contribution in [3.63, 3.8) is 0 Å². The molecule has 8 heteroatoms. The Morgan fingerprint density at radius 2 is 1.17 bits per heavy atom. The molecule has 3 aromatic rings. The maximum Gasteiger partial charge on any atom is 0.283 e. The van der Waals surface area contributed by atoms with Crippen molar-refractivity contribution in [3.8, 4) is 0 Å². The Balaban J connectivity index is 1.73. The summed E-state index contributed by atoms with van der Waals surface area (Å²) < 4.78 is 0. The van der Waals surface area contributed by atoms with E-state index in [1.807, 2.05) is 0 Å². The molecule has 0 saturated carbocycles. The minimum absolute atomic E-state index is 0.192. The van der Waals surface area contributed by atoms with Crippen LogP contribution in [0.3, 0.4) is 0 Å². The van der Waals surface area contributed by atoms with Crippen molar-refractivity contribution in [2.45, 2.75) is 4.90 Å². The Hall–Kier alpha value is -2.44. The average Bonchev–Trinajstić information content (AvgIpc) is 2.96. The van der Waals surface area contributed by atoms with Gasteiger partial charge in [0.25, 0.3) is 11.8 Å². The Morgan fingerprint density at radius 3 is 1.73 bits per heavy atom. The van der Waals surface area contributed by atoms with Crippen molar-refractivity contribution >= 4 is 69.8 Å². The number of carbonyl (C=O) groups is 2. The predicted octanol–water partition coefficient (Wildman–Crippen LogP) is 6.64. The van der Waals surface area contributed by atoms with Gasteiger partial charge in [-0.25, -0.2) is 4.90 Å². The summed E-state index contributed by atoms with van der Waals surface area (Å²) in [5.74, 6) is -0.868. The van der Waals surface area contributed by atoms with Crippen LogP contribution < -0.4 is 10.2 Å². The number of thioether (sulfide) groups is 1. The molecule has 2 amide bonds. The van der Waals surface area contributed by atoms with Crippen LogP contribution in [0.1, 0.15) is 0 Å². The number of hydrogen-bond donors (Lipinski definition) is 1. The molecular formula is C22H13Cl3N2O2S. The van der Waals surface area contributed by atoms with E-state index in [0.717, 1.165) is 9.80 Å². The summed E-state index contributed by atoms with van der Waals surface area (Å²) in [6.07, 6.45) is 0. The molecule has 0 spiro atoms. The number of hydrogen-bond acceptors (Lipinski definition) is 4. The average molecular weight is 476 g/mol. The van der Waals surface area contributed by atoms with Crippen molar-refractivity contribution in [1.82, 2.24) is 0 Å². The summed E-state index contributed by atoms with van der Waals surface area (Å²) in [6, 6.07) is 20.5. The monoisotopic (exact) mass is 474 g/mol. The molecule has 3 aromatic carbocycles. The lowest BCUT2D eigenvalue weighted by Crippen LogP contribution is -2.32. The Bertz CT molecular complexity index is 1080. The molecular weight excluding hydrogens is 463 g/mol. The summed E-state index contributed by atoms with van der Waals surface area (Å²) >= 11 is 19.1. The van der Waals surface area contributed by atoms with Crippen LogP contribution in [0.2, 0.25) is 15.1 Å². The van der Waals surface area contributed by atoms with E-state index in [-0.39, 0.29) is 10.6 Å². The largest absolute Gasteiger partial charge is 0.350 e. The van der Waals surface area contributed by atoms with E-state index >= 15 is 0 Å². The van der Waals surface area contributed by atoms with Crippen LogP contribution in [0.4, 0.5) is 11.4 Å². The number of benzene rings is 3. The molecule has 0 atom stereocenters. The van der Waals surface area contributed by atoms with Crippen molar-refractivity contribution in [3.05, 3.63) is 98.5 Å². The van der Waals surface area contributed by atoms with E-state index in [9.17, 15) is 9.59 Å². The van der Waals surface area contributed by atoms with Gasteiger partial charge in [0.2, 0.25) is 0 Å². The highest BCUT2D eigenvalue weighted by molar-refractivity contribution is 8.04. The minimum atomic E-state index is -0.450. The van der Waals surface area contributed by atoms with Gasteiger partial charge in [0.05, 0.1) is 5.69 Å². The predicted molar refractivity (Wildman–Crippen MR) is 123 cm³/mol. The van der Waals surface area contributed by atoms with Gasteiger partial charge in [-0.1, -0.05) is 46.6 Å². The molecule has 0 unspecified atom stereocenters. The number of amides is 2. The van der Waals surface area contributed by atoms with E-state index in [0.29, 0.717) is 26.4 Å². The third-order valence-electron chi connectivity index (χ3n) is 4.27. The molecule has 1 heterocycles. The number of nitrogens with one attached hydrogen (secondary N) is 1. The third kappa shape index (κ3) is 4.35. The first-order valence-electron chi connectivity index (χ1n) is 8.77. The highest BCUT2D eigenvalue weighted by Gasteiger charge is 2.40. The van der Waals surface area contributed by atoms with Gasteiger partial charge < -0.3 is 5.32 Å². The number of halogens is 3. The van der Waals surface area contributed by atoms with Crippen molar-refractivity contribution < 1.29 is 9.59 Å². The summed E-state index contributed by atoms with van der Waals surface area (Å²) in [5.41, 5.74) is 1.27. The fraction of sp³-hybridized carbons (Fsp3) is 0. The fourth-order valence-electron chi connectivity index (χ4n) is 2.84. The minimum Gasteiger partial charge on any atom is -0.350 e. The summed E-state index contributed by atoms with van der Waals surface area (Å²) in [7, 11) is 0. The number of anilines is 2. The standard InChI is InChI=1S/C22H13Cl3N2O2S/c23-13-1-7-16(8-2-13)26-19-20(30-18-11-5-15(25)6-12-18)22(29)27(21(19)28)17-9-3-14(24)4-10-17/h1-12,26H. The van der Waals surface area contributed by atoms with Gasteiger partial charge in [-0.15, -0.1) is 0 Å². The molecule has 1 aliphatic heterocycles. The summed E-state index contributed by atoms with van der Waals surface area (Å²) in [4.78, 5) is 28.6. The zero-order valence-corrected chi connectivity index (χ0v) is 18.3. The van der Waals surface area contributed by atoms with Gasteiger partial charge in [-0.3, -0.25) is 9.59 Å². The van der Waals surface area contributed by atoms with Crippen molar-refractivity contribution in [2.75, 3.05) is 10.2 Å². The lowest BCUT2D eigenvalue weighted by Gasteiger charge is -2.15. The second kappa shape index (κ2) is 8.74. The Morgan fingerprint density at radius 1 is 0.667 bits per heavy atom. The first-order chi connectivity index (χ1) is 14.4. The molecule has 1 aliphatic rings. The lowest BCUT2D eigenvalue weighted by molar-refractivity contribution is -0.120. The second-order valence-corrected chi connectivity index (χ2v) is 8.71. The number of nitrogens with zero attached hydrogens (tertiary/aromatic N) is 1. The summed E-state index contributed by atoms with van der Waals surface area (Å²) in [5, 5.41) is 4.75. The molecule has 0 bridgehead atoms. The van der Waals surface area contributed by atoms with Gasteiger partial charge in [0, 0.05) is 25.7 Å². The quantitative estimate of drug-likeness (QED) is 0.420. The number of imide groups is 1. The van der Waals surface area contributed by atoms with Gasteiger partial charge in [-0.05, 0) is 72.8 Å². The molecule has 4 rings (SSSR count). The van der Waals surface area contributed by atoms with E-state index in [1.54, 1.807) is 72.8 Å². The zero-order valence-electron chi connectivity index (χ0n) is 15.2. The normalized spacial score (nSPS) is 13.9. The molecule has 1 N–H and O–H groups in total. The van der Waals surface area contributed by atoms with Gasteiger partial charge in [-0.2, -0.15) is 0 Å². The molecule has 0 saturated heterocycles. The number of carbonyl (C=O) groups excluding carboxylic acids is 2. The van der Waals surface area contributed by atoms with Crippen LogP contribution in [0.5, 0.6) is 0 Å². The molecule has 0 aliphatic carbocycles. The molecule has 150 valence electrons. The molecule has 0 aromatic heterocycles. The van der Waals surface area contributed by atoms with E-state index in [4.69, 9.17) is 34.8 Å². The smallest absolute Gasteiger partial charge is 0.283 e. The first kappa shape index (κ1) is 20.8. The number of rotatable bonds is 5. The van der Waals surface area contributed by atoms with Gasteiger partial charge in [0.15, 0.2) is 0 Å². The molecule has 30 heavy (non-hydrogen) atoms. The third-order valence-corrected chi connectivity index (χ3v) is 6.12. The van der Waals surface area contributed by atoms with Crippen molar-refractivity contribution in [2.24, 2.45) is 0 Å². The van der Waals surface area contributed by atoms with Crippen LogP contribution >= 0.6 is 46.6 Å². The second-order valence-electron chi connectivity index (χ2n) is 6.31. The lowest BCUT2D eigenvalue weighted by atomic mass is 10.3. The maximum atomic E-state index is 13.2. The van der Waals surface area contributed by atoms with Crippen LogP contribution in [-0.2, 0) is 9.59 Å². The van der Waals surface area contributed by atoms with E-state index in [2.05, 4.69) is 5.32 Å².